The fraction of sp³-hybridized carbons (Fsp3) is 0.818. The Morgan fingerprint density at radius 3 is 3.00 bits per heavy atom. The Morgan fingerprint density at radius 1 is 1.38 bits per heavy atom. The van der Waals surface area contributed by atoms with Crippen LogP contribution in [0.2, 0.25) is 0 Å². The number of ether oxygens (including phenoxy) is 1. The molecule has 2 saturated heterocycles. The van der Waals surface area contributed by atoms with Gasteiger partial charge in [0.15, 0.2) is 0 Å². The molecule has 2 aliphatic heterocycles. The van der Waals surface area contributed by atoms with Crippen LogP contribution in [0.4, 0.5) is 0 Å². The van der Waals surface area contributed by atoms with E-state index in [2.05, 4.69) is 5.32 Å². The summed E-state index contributed by atoms with van der Waals surface area (Å²) >= 11 is 0. The number of amides is 2. The molecule has 0 aromatic carbocycles. The second kappa shape index (κ2) is 5.30. The first-order valence-corrected chi connectivity index (χ1v) is 5.92. The highest BCUT2D eigenvalue weighted by Crippen LogP contribution is 2.14. The molecule has 2 aliphatic rings. The van der Waals surface area contributed by atoms with Crippen LogP contribution in [-0.4, -0.2) is 49.1 Å². The molecule has 2 fully saturated rings. The summed E-state index contributed by atoms with van der Waals surface area (Å²) in [5.41, 5.74) is 0. The van der Waals surface area contributed by atoms with Crippen LogP contribution in [-0.2, 0) is 14.3 Å². The molecule has 0 aromatic heterocycles. The van der Waals surface area contributed by atoms with Gasteiger partial charge < -0.3 is 15.0 Å². The number of nitrogens with zero attached hydrogens (tertiary/aromatic N) is 1. The lowest BCUT2D eigenvalue weighted by Gasteiger charge is -2.28. The van der Waals surface area contributed by atoms with Gasteiger partial charge in [0, 0.05) is 26.1 Å². The fourth-order valence-electron chi connectivity index (χ4n) is 2.13. The first-order valence-electron chi connectivity index (χ1n) is 5.92. The van der Waals surface area contributed by atoms with E-state index in [1.807, 2.05) is 0 Å². The van der Waals surface area contributed by atoms with E-state index in [-0.39, 0.29) is 24.5 Å². The Labute approximate surface area is 95.1 Å². The second-order valence-electron chi connectivity index (χ2n) is 4.36. The van der Waals surface area contributed by atoms with E-state index >= 15 is 0 Å². The van der Waals surface area contributed by atoms with Gasteiger partial charge in [0.2, 0.25) is 11.8 Å². The zero-order chi connectivity index (χ0) is 11.4. The Hall–Kier alpha value is -1.10. The summed E-state index contributed by atoms with van der Waals surface area (Å²) in [5, 5.41) is 2.59. The Morgan fingerprint density at radius 2 is 2.25 bits per heavy atom. The van der Waals surface area contributed by atoms with Crippen LogP contribution < -0.4 is 5.32 Å². The van der Waals surface area contributed by atoms with E-state index < -0.39 is 0 Å². The van der Waals surface area contributed by atoms with Crippen molar-refractivity contribution in [1.82, 2.24) is 10.2 Å². The standard InChI is InChI=1S/C11H18N2O3/c14-10-4-5-13(11(15)7-12-10)8-9-3-1-2-6-16-9/h9H,1-8H2,(H,12,14). The molecule has 2 amide bonds. The van der Waals surface area contributed by atoms with Gasteiger partial charge in [0.05, 0.1) is 12.6 Å². The quantitative estimate of drug-likeness (QED) is 0.715. The van der Waals surface area contributed by atoms with Gasteiger partial charge in [-0.3, -0.25) is 9.59 Å². The molecule has 5 heteroatoms. The molecule has 0 aromatic rings. The molecule has 0 aliphatic carbocycles. The van der Waals surface area contributed by atoms with E-state index in [0.29, 0.717) is 19.5 Å². The Bertz CT molecular complexity index is 274. The third kappa shape index (κ3) is 2.95. The first-order chi connectivity index (χ1) is 7.75. The van der Waals surface area contributed by atoms with Crippen molar-refractivity contribution < 1.29 is 14.3 Å². The van der Waals surface area contributed by atoms with Crippen LogP contribution in [0.1, 0.15) is 25.7 Å². The highest BCUT2D eigenvalue weighted by molar-refractivity contribution is 5.87. The number of hydrogen-bond acceptors (Lipinski definition) is 3. The van der Waals surface area contributed by atoms with Crippen molar-refractivity contribution in [3.63, 3.8) is 0 Å². The maximum absolute atomic E-state index is 11.7. The average Bonchev–Trinajstić information content (AvgIpc) is 2.46. The largest absolute Gasteiger partial charge is 0.376 e. The molecule has 0 radical (unpaired) electrons. The highest BCUT2D eigenvalue weighted by Gasteiger charge is 2.24. The highest BCUT2D eigenvalue weighted by atomic mass is 16.5. The zero-order valence-electron chi connectivity index (χ0n) is 9.41. The van der Waals surface area contributed by atoms with Gasteiger partial charge in [-0.1, -0.05) is 0 Å². The average molecular weight is 226 g/mol. The normalized spacial score (nSPS) is 27.5. The van der Waals surface area contributed by atoms with Crippen molar-refractivity contribution >= 4 is 11.8 Å². The minimum atomic E-state index is -0.0413. The topological polar surface area (TPSA) is 58.6 Å². The lowest BCUT2D eigenvalue weighted by Crippen LogP contribution is -2.41. The predicted octanol–water partition coefficient (Wildman–Crippen LogP) is -0.0960. The fourth-order valence-corrected chi connectivity index (χ4v) is 2.13. The van der Waals surface area contributed by atoms with Crippen LogP contribution in [0.3, 0.4) is 0 Å². The number of carbonyl (C=O) groups excluding carboxylic acids is 2. The molecule has 90 valence electrons. The van der Waals surface area contributed by atoms with Crippen molar-refractivity contribution in [2.24, 2.45) is 0 Å². The smallest absolute Gasteiger partial charge is 0.242 e. The summed E-state index contributed by atoms with van der Waals surface area (Å²) in [7, 11) is 0. The lowest BCUT2D eigenvalue weighted by molar-refractivity contribution is -0.132. The van der Waals surface area contributed by atoms with Crippen molar-refractivity contribution in [3.8, 4) is 0 Å². The molecule has 2 rings (SSSR count). The molecular weight excluding hydrogens is 208 g/mol. The third-order valence-corrected chi connectivity index (χ3v) is 3.10. The molecule has 1 N–H and O–H groups in total. The summed E-state index contributed by atoms with van der Waals surface area (Å²) in [6, 6.07) is 0. The summed E-state index contributed by atoms with van der Waals surface area (Å²) in [6.45, 7) is 2.08. The molecular formula is C11H18N2O3. The van der Waals surface area contributed by atoms with Gasteiger partial charge in [-0.05, 0) is 19.3 Å². The number of carbonyl (C=O) groups is 2. The van der Waals surface area contributed by atoms with Crippen molar-refractivity contribution in [1.29, 1.82) is 0 Å². The first kappa shape index (κ1) is 11.4. The van der Waals surface area contributed by atoms with Gasteiger partial charge in [-0.15, -0.1) is 0 Å². The maximum atomic E-state index is 11.7. The van der Waals surface area contributed by atoms with E-state index in [9.17, 15) is 9.59 Å². The molecule has 2 heterocycles. The summed E-state index contributed by atoms with van der Waals surface area (Å²) in [4.78, 5) is 24.6. The van der Waals surface area contributed by atoms with E-state index in [1.165, 1.54) is 6.42 Å². The van der Waals surface area contributed by atoms with E-state index in [4.69, 9.17) is 4.74 Å². The van der Waals surface area contributed by atoms with Gasteiger partial charge in [0.25, 0.3) is 0 Å². The van der Waals surface area contributed by atoms with Crippen LogP contribution in [0.15, 0.2) is 0 Å². The zero-order valence-corrected chi connectivity index (χ0v) is 9.41. The van der Waals surface area contributed by atoms with Crippen LogP contribution in [0.25, 0.3) is 0 Å². The van der Waals surface area contributed by atoms with Gasteiger partial charge >= 0.3 is 0 Å². The lowest BCUT2D eigenvalue weighted by atomic mass is 10.1. The number of hydrogen-bond donors (Lipinski definition) is 1. The number of rotatable bonds is 2. The maximum Gasteiger partial charge on any atom is 0.242 e. The van der Waals surface area contributed by atoms with E-state index in [0.717, 1.165) is 19.4 Å². The molecule has 0 spiro atoms. The molecule has 0 saturated carbocycles. The SMILES string of the molecule is O=C1CCN(CC2CCCCO2)C(=O)CN1. The summed E-state index contributed by atoms with van der Waals surface area (Å²) in [6.07, 6.45) is 3.86. The minimum Gasteiger partial charge on any atom is -0.376 e. The molecule has 16 heavy (non-hydrogen) atoms. The second-order valence-corrected chi connectivity index (χ2v) is 4.36. The van der Waals surface area contributed by atoms with Crippen molar-refractivity contribution in [2.45, 2.75) is 31.8 Å². The van der Waals surface area contributed by atoms with Crippen LogP contribution in [0.5, 0.6) is 0 Å². The predicted molar refractivity (Wildman–Crippen MR) is 57.8 cm³/mol. The Balaban J connectivity index is 1.86. The van der Waals surface area contributed by atoms with E-state index in [1.54, 1.807) is 4.90 Å². The molecule has 0 bridgehead atoms. The molecule has 5 nitrogen and oxygen atoms in total. The van der Waals surface area contributed by atoms with Crippen LogP contribution >= 0.6 is 0 Å². The Kier molecular flexibility index (Phi) is 3.77. The third-order valence-electron chi connectivity index (χ3n) is 3.10. The monoisotopic (exact) mass is 226 g/mol. The van der Waals surface area contributed by atoms with Crippen molar-refractivity contribution in [2.75, 3.05) is 26.2 Å². The molecule has 1 atom stereocenters. The van der Waals surface area contributed by atoms with Gasteiger partial charge in [0.1, 0.15) is 0 Å². The minimum absolute atomic E-state index is 0.0000217. The summed E-state index contributed by atoms with van der Waals surface area (Å²) in [5.74, 6) is -0.0413. The summed E-state index contributed by atoms with van der Waals surface area (Å²) < 4.78 is 5.60. The van der Waals surface area contributed by atoms with Gasteiger partial charge in [-0.25, -0.2) is 0 Å². The van der Waals surface area contributed by atoms with Crippen LogP contribution in [0, 0.1) is 0 Å². The number of nitrogens with one attached hydrogen (secondary N) is 1. The van der Waals surface area contributed by atoms with Crippen molar-refractivity contribution in [3.05, 3.63) is 0 Å². The van der Waals surface area contributed by atoms with Gasteiger partial charge in [-0.2, -0.15) is 0 Å². The molecule has 1 unspecified atom stereocenters.